The van der Waals surface area contributed by atoms with Gasteiger partial charge in [0, 0.05) is 6.42 Å². The maximum absolute atomic E-state index is 12.9. The predicted octanol–water partition coefficient (Wildman–Crippen LogP) is 17.1. The predicted molar refractivity (Wildman–Crippen MR) is 293 cm³/mol. The van der Waals surface area contributed by atoms with Gasteiger partial charge < -0.3 is 28.8 Å². The highest BCUT2D eigenvalue weighted by molar-refractivity contribution is 7.45. The molecular formula is C59H115N2O6P. The summed E-state index contributed by atoms with van der Waals surface area (Å²) in [4.78, 5) is 25.5. The number of carbonyl (C=O) groups is 1. The first-order chi connectivity index (χ1) is 33.0. The third-order valence-electron chi connectivity index (χ3n) is 13.3. The zero-order chi connectivity index (χ0) is 49.9. The van der Waals surface area contributed by atoms with Crippen molar-refractivity contribution in [3.8, 4) is 0 Å². The molecule has 0 aromatic rings. The van der Waals surface area contributed by atoms with E-state index in [2.05, 4.69) is 43.5 Å². The van der Waals surface area contributed by atoms with Gasteiger partial charge in [-0.2, -0.15) is 0 Å². The molecule has 0 rings (SSSR count). The largest absolute Gasteiger partial charge is 0.756 e. The van der Waals surface area contributed by atoms with E-state index in [1.54, 1.807) is 6.08 Å². The lowest BCUT2D eigenvalue weighted by molar-refractivity contribution is -0.870. The molecule has 0 aromatic heterocycles. The quantitative estimate of drug-likeness (QED) is 0.0272. The van der Waals surface area contributed by atoms with Crippen LogP contribution in [0.2, 0.25) is 0 Å². The Morgan fingerprint density at radius 1 is 0.500 bits per heavy atom. The van der Waals surface area contributed by atoms with Crippen LogP contribution in [-0.4, -0.2) is 68.5 Å². The second-order valence-corrected chi connectivity index (χ2v) is 22.8. The minimum Gasteiger partial charge on any atom is -0.756 e. The lowest BCUT2D eigenvalue weighted by Gasteiger charge is -2.29. The van der Waals surface area contributed by atoms with E-state index in [-0.39, 0.29) is 12.5 Å². The molecule has 68 heavy (non-hydrogen) atoms. The second-order valence-electron chi connectivity index (χ2n) is 21.3. The first-order valence-corrected chi connectivity index (χ1v) is 30.8. The zero-order valence-corrected chi connectivity index (χ0v) is 46.7. The van der Waals surface area contributed by atoms with Crippen LogP contribution in [0.3, 0.4) is 0 Å². The third kappa shape index (κ3) is 52.5. The van der Waals surface area contributed by atoms with Crippen LogP contribution in [0, 0.1) is 0 Å². The van der Waals surface area contributed by atoms with Crippen molar-refractivity contribution in [2.45, 2.75) is 296 Å². The van der Waals surface area contributed by atoms with Crippen LogP contribution < -0.4 is 10.2 Å². The van der Waals surface area contributed by atoms with Crippen molar-refractivity contribution in [1.29, 1.82) is 0 Å². The van der Waals surface area contributed by atoms with Gasteiger partial charge in [-0.25, -0.2) is 0 Å². The highest BCUT2D eigenvalue weighted by Gasteiger charge is 2.23. The average Bonchev–Trinajstić information content (AvgIpc) is 3.30. The summed E-state index contributed by atoms with van der Waals surface area (Å²) in [5, 5.41) is 13.9. The highest BCUT2D eigenvalue weighted by atomic mass is 31.2. The normalized spacial score (nSPS) is 14.2. The minimum atomic E-state index is -4.61. The number of phosphoric ester groups is 1. The molecule has 0 aromatic carbocycles. The van der Waals surface area contributed by atoms with Crippen LogP contribution in [-0.2, 0) is 18.4 Å². The molecule has 0 saturated heterocycles. The van der Waals surface area contributed by atoms with Gasteiger partial charge in [-0.15, -0.1) is 0 Å². The Kier molecular flexibility index (Phi) is 49.7. The first-order valence-electron chi connectivity index (χ1n) is 29.4. The van der Waals surface area contributed by atoms with E-state index in [1.165, 1.54) is 225 Å². The van der Waals surface area contributed by atoms with Gasteiger partial charge in [-0.05, 0) is 57.8 Å². The number of allylic oxidation sites excluding steroid dienone is 5. The number of aliphatic hydroxyl groups excluding tert-OH is 1. The molecule has 3 unspecified atom stereocenters. The van der Waals surface area contributed by atoms with E-state index >= 15 is 0 Å². The molecule has 0 aliphatic rings. The molecule has 0 bridgehead atoms. The van der Waals surface area contributed by atoms with Crippen molar-refractivity contribution in [3.05, 3.63) is 36.5 Å². The van der Waals surface area contributed by atoms with Gasteiger partial charge in [0.05, 0.1) is 39.9 Å². The molecule has 2 N–H and O–H groups in total. The summed E-state index contributed by atoms with van der Waals surface area (Å²) in [7, 11) is 1.25. The van der Waals surface area contributed by atoms with Gasteiger partial charge in [-0.3, -0.25) is 9.36 Å². The molecule has 1 amide bonds. The molecule has 0 heterocycles. The van der Waals surface area contributed by atoms with Crippen LogP contribution in [0.5, 0.6) is 0 Å². The van der Waals surface area contributed by atoms with Crippen molar-refractivity contribution >= 4 is 13.7 Å². The van der Waals surface area contributed by atoms with E-state index in [4.69, 9.17) is 9.05 Å². The Morgan fingerprint density at radius 3 is 1.19 bits per heavy atom. The maximum Gasteiger partial charge on any atom is 0.268 e. The Labute approximate surface area is 423 Å². The summed E-state index contributed by atoms with van der Waals surface area (Å²) >= 11 is 0. The smallest absolute Gasteiger partial charge is 0.268 e. The Morgan fingerprint density at radius 2 is 0.824 bits per heavy atom. The summed E-state index contributed by atoms with van der Waals surface area (Å²) in [6, 6.07) is -0.905. The number of hydrogen-bond acceptors (Lipinski definition) is 6. The van der Waals surface area contributed by atoms with Crippen molar-refractivity contribution in [2.75, 3.05) is 40.9 Å². The average molecular weight is 980 g/mol. The number of unbranched alkanes of at least 4 members (excludes halogenated alkanes) is 37. The number of amides is 1. The topological polar surface area (TPSA) is 108 Å². The lowest BCUT2D eigenvalue weighted by atomic mass is 10.0. The molecule has 0 spiro atoms. The van der Waals surface area contributed by atoms with E-state index in [0.29, 0.717) is 17.4 Å². The molecule has 0 radical (unpaired) electrons. The summed E-state index contributed by atoms with van der Waals surface area (Å²) < 4.78 is 23.3. The molecule has 0 aliphatic heterocycles. The monoisotopic (exact) mass is 979 g/mol. The molecular weight excluding hydrogens is 864 g/mol. The number of nitrogens with one attached hydrogen (secondary N) is 1. The Balaban J connectivity index is 4.21. The van der Waals surface area contributed by atoms with Crippen molar-refractivity contribution in [2.24, 2.45) is 0 Å². The van der Waals surface area contributed by atoms with Gasteiger partial charge in [0.2, 0.25) is 5.91 Å². The summed E-state index contributed by atoms with van der Waals surface area (Å²) in [6.07, 6.45) is 65.2. The van der Waals surface area contributed by atoms with E-state index < -0.39 is 26.6 Å². The molecule has 0 saturated carbocycles. The van der Waals surface area contributed by atoms with Gasteiger partial charge in [0.25, 0.3) is 7.82 Å². The van der Waals surface area contributed by atoms with Crippen LogP contribution >= 0.6 is 7.82 Å². The Hall–Kier alpha value is -1.28. The van der Waals surface area contributed by atoms with Crippen LogP contribution in [0.4, 0.5) is 0 Å². The minimum absolute atomic E-state index is 0.00663. The maximum atomic E-state index is 12.9. The van der Waals surface area contributed by atoms with Gasteiger partial charge in [0.15, 0.2) is 0 Å². The van der Waals surface area contributed by atoms with Crippen LogP contribution in [0.1, 0.15) is 284 Å². The fourth-order valence-electron chi connectivity index (χ4n) is 8.70. The number of aliphatic hydroxyl groups is 1. The molecule has 8 nitrogen and oxygen atoms in total. The SMILES string of the molecule is CCCCCCCCC/C=C\CCCCCCCCCC(=O)NC(COP(=O)([O-])OCC[N+](C)(C)C)C(O)/C=C/CC/C=C/CCCCCCCCCCCCCCCCCCCCCCCC. The fraction of sp³-hybridized carbons (Fsp3) is 0.881. The highest BCUT2D eigenvalue weighted by Crippen LogP contribution is 2.38. The number of hydrogen-bond donors (Lipinski definition) is 2. The van der Waals surface area contributed by atoms with Gasteiger partial charge in [-0.1, -0.05) is 256 Å². The van der Waals surface area contributed by atoms with E-state index in [0.717, 1.165) is 38.5 Å². The number of nitrogens with zero attached hydrogens (tertiary/aromatic N) is 1. The summed E-state index contributed by atoms with van der Waals surface area (Å²) in [6.45, 7) is 4.66. The Bertz CT molecular complexity index is 1200. The van der Waals surface area contributed by atoms with Crippen LogP contribution in [0.15, 0.2) is 36.5 Å². The van der Waals surface area contributed by atoms with Gasteiger partial charge >= 0.3 is 0 Å². The third-order valence-corrected chi connectivity index (χ3v) is 14.3. The number of likely N-dealkylation sites (N-methyl/N-ethyl adjacent to an activating group) is 1. The van der Waals surface area contributed by atoms with Gasteiger partial charge in [0.1, 0.15) is 13.2 Å². The summed E-state index contributed by atoms with van der Waals surface area (Å²) in [5.74, 6) is -0.209. The number of rotatable bonds is 54. The standard InChI is InChI=1S/C59H115N2O6P/c1-6-8-10-12-14-16-18-20-22-24-26-27-28-29-30-31-32-33-34-35-36-38-40-42-44-46-48-50-52-58(62)57(56-67-68(64,65)66-55-54-61(3,4)5)60-59(63)53-51-49-47-45-43-41-39-37-25-23-21-19-17-15-13-11-9-7-2/h23,25,42,44,50,52,57-58,62H,6-22,24,26-41,43,45-49,51,53-56H2,1-5H3,(H-,60,63,64,65)/b25-23-,44-42+,52-50+. The van der Waals surface area contributed by atoms with Crippen molar-refractivity contribution in [1.82, 2.24) is 5.32 Å². The molecule has 3 atom stereocenters. The molecule has 402 valence electrons. The first kappa shape index (κ1) is 66.7. The van der Waals surface area contributed by atoms with E-state index in [1.807, 2.05) is 27.2 Å². The fourth-order valence-corrected chi connectivity index (χ4v) is 9.42. The summed E-state index contributed by atoms with van der Waals surface area (Å²) in [5.41, 5.74) is 0. The molecule has 0 fully saturated rings. The molecule has 9 heteroatoms. The number of quaternary nitrogens is 1. The zero-order valence-electron chi connectivity index (χ0n) is 45.8. The van der Waals surface area contributed by atoms with Crippen LogP contribution in [0.25, 0.3) is 0 Å². The van der Waals surface area contributed by atoms with Crippen molar-refractivity contribution < 1.29 is 32.9 Å². The van der Waals surface area contributed by atoms with E-state index in [9.17, 15) is 19.4 Å². The molecule has 0 aliphatic carbocycles. The lowest BCUT2D eigenvalue weighted by Crippen LogP contribution is -2.45. The second kappa shape index (κ2) is 50.7. The number of phosphoric acid groups is 1. The number of carbonyl (C=O) groups excluding carboxylic acids is 1. The van der Waals surface area contributed by atoms with Crippen molar-refractivity contribution in [3.63, 3.8) is 0 Å².